The van der Waals surface area contributed by atoms with Crippen molar-refractivity contribution in [2.75, 3.05) is 24.3 Å². The van der Waals surface area contributed by atoms with E-state index in [2.05, 4.69) is 17.1 Å². The highest BCUT2D eigenvalue weighted by Gasteiger charge is 2.34. The monoisotopic (exact) mass is 381 g/mol. The van der Waals surface area contributed by atoms with Gasteiger partial charge in [0.15, 0.2) is 18.5 Å². The molecule has 0 spiro atoms. The van der Waals surface area contributed by atoms with Crippen molar-refractivity contribution in [1.29, 1.82) is 0 Å². The Morgan fingerprint density at radius 3 is 2.73 bits per heavy atom. The number of amides is 1. The number of carbonyl (C=O) groups excluding carboxylic acids is 1. The van der Waals surface area contributed by atoms with Crippen LogP contribution in [0.2, 0.25) is 0 Å². The number of hydrogen-bond acceptors (Lipinski definition) is 8. The summed E-state index contributed by atoms with van der Waals surface area (Å²) < 4.78 is 24.7. The summed E-state index contributed by atoms with van der Waals surface area (Å²) in [6.07, 6.45) is 0.526. The molecule has 0 bridgehead atoms. The van der Waals surface area contributed by atoms with E-state index in [1.807, 2.05) is 6.92 Å². The molecule has 1 fully saturated rings. The third-order valence-corrected chi connectivity index (χ3v) is 8.25. The van der Waals surface area contributed by atoms with Gasteiger partial charge in [-0.15, -0.1) is 10.2 Å². The van der Waals surface area contributed by atoms with Gasteiger partial charge in [-0.3, -0.25) is 4.79 Å². The van der Waals surface area contributed by atoms with Gasteiger partial charge in [0.25, 0.3) is 0 Å². The zero-order valence-corrected chi connectivity index (χ0v) is 15.9. The molecule has 0 unspecified atom stereocenters. The minimum atomic E-state index is -2.99. The number of rotatable bonds is 6. The summed E-state index contributed by atoms with van der Waals surface area (Å²) in [4.78, 5) is 14.0. The number of thioether (sulfide) groups is 2. The fourth-order valence-electron chi connectivity index (χ4n) is 2.18. The lowest BCUT2D eigenvalue weighted by Gasteiger charge is -2.25. The van der Waals surface area contributed by atoms with Crippen LogP contribution in [0.25, 0.3) is 0 Å². The molecule has 22 heavy (non-hydrogen) atoms. The maximum atomic E-state index is 12.4. The summed E-state index contributed by atoms with van der Waals surface area (Å²) in [5, 5.41) is 7.84. The van der Waals surface area contributed by atoms with E-state index in [9.17, 15) is 13.2 Å². The minimum absolute atomic E-state index is 0.0630. The van der Waals surface area contributed by atoms with Crippen LogP contribution in [0.5, 0.6) is 0 Å². The van der Waals surface area contributed by atoms with Crippen LogP contribution in [0.1, 0.15) is 20.3 Å². The van der Waals surface area contributed by atoms with Gasteiger partial charge in [-0.2, -0.15) is 0 Å². The lowest BCUT2D eigenvalue weighted by Crippen LogP contribution is -2.41. The van der Waals surface area contributed by atoms with Gasteiger partial charge in [0.05, 0.1) is 16.8 Å². The molecule has 2 heterocycles. The Balaban J connectivity index is 1.93. The predicted molar refractivity (Wildman–Crippen MR) is 91.5 cm³/mol. The summed E-state index contributed by atoms with van der Waals surface area (Å²) in [5.41, 5.74) is 0. The SMILES string of the molecule is CCSc1nnc(S[C@H](C)C(=O)N(C)[C@H]2CCS(=O)(=O)C2)s1. The van der Waals surface area contributed by atoms with Crippen LogP contribution in [0.15, 0.2) is 8.68 Å². The Morgan fingerprint density at radius 1 is 1.45 bits per heavy atom. The number of aromatic nitrogens is 2. The van der Waals surface area contributed by atoms with E-state index < -0.39 is 9.84 Å². The molecule has 0 saturated carbocycles. The number of sulfone groups is 1. The second-order valence-corrected chi connectivity index (χ2v) is 11.3. The smallest absolute Gasteiger partial charge is 0.235 e. The van der Waals surface area contributed by atoms with Crippen molar-refractivity contribution in [1.82, 2.24) is 15.1 Å². The first kappa shape index (κ1) is 18.0. The Hall–Kier alpha value is -0.320. The molecule has 1 aromatic rings. The maximum Gasteiger partial charge on any atom is 0.235 e. The fraction of sp³-hybridized carbons (Fsp3) is 0.750. The van der Waals surface area contributed by atoms with Crippen molar-refractivity contribution in [2.24, 2.45) is 0 Å². The van der Waals surface area contributed by atoms with Crippen molar-refractivity contribution in [3.05, 3.63) is 0 Å². The van der Waals surface area contributed by atoms with Gasteiger partial charge in [-0.05, 0) is 19.1 Å². The van der Waals surface area contributed by atoms with Crippen LogP contribution in [0.4, 0.5) is 0 Å². The molecule has 1 aliphatic heterocycles. The van der Waals surface area contributed by atoms with Crippen molar-refractivity contribution >= 4 is 50.6 Å². The summed E-state index contributed by atoms with van der Waals surface area (Å²) in [5.74, 6) is 1.12. The second-order valence-electron chi connectivity index (χ2n) is 5.03. The molecule has 0 aliphatic carbocycles. The van der Waals surface area contributed by atoms with Gasteiger partial charge >= 0.3 is 0 Å². The van der Waals surface area contributed by atoms with Gasteiger partial charge in [0.2, 0.25) is 5.91 Å². The second kappa shape index (κ2) is 7.50. The van der Waals surface area contributed by atoms with E-state index in [1.165, 1.54) is 23.1 Å². The lowest BCUT2D eigenvalue weighted by molar-refractivity contribution is -0.130. The van der Waals surface area contributed by atoms with Gasteiger partial charge < -0.3 is 4.90 Å². The van der Waals surface area contributed by atoms with E-state index >= 15 is 0 Å². The largest absolute Gasteiger partial charge is 0.341 e. The van der Waals surface area contributed by atoms with E-state index in [4.69, 9.17) is 0 Å². The molecule has 124 valence electrons. The zero-order chi connectivity index (χ0) is 16.3. The summed E-state index contributed by atoms with van der Waals surface area (Å²) >= 11 is 4.49. The fourth-order valence-corrected chi connectivity index (χ4v) is 7.11. The summed E-state index contributed by atoms with van der Waals surface area (Å²) in [7, 11) is -1.30. The molecule has 10 heteroatoms. The molecule has 6 nitrogen and oxygen atoms in total. The Bertz CT molecular complexity index is 631. The number of carbonyl (C=O) groups is 1. The van der Waals surface area contributed by atoms with E-state index in [0.29, 0.717) is 6.42 Å². The molecular formula is C12H19N3O3S4. The normalized spacial score (nSPS) is 21.7. The average molecular weight is 382 g/mol. The third-order valence-electron chi connectivity index (χ3n) is 3.38. The molecular weight excluding hydrogens is 362 g/mol. The Morgan fingerprint density at radius 2 is 2.14 bits per heavy atom. The van der Waals surface area contributed by atoms with E-state index in [-0.39, 0.29) is 28.7 Å². The molecule has 0 aromatic carbocycles. The molecule has 1 aromatic heterocycles. The van der Waals surface area contributed by atoms with Gasteiger partial charge in [0.1, 0.15) is 0 Å². The van der Waals surface area contributed by atoms with Gasteiger partial charge in [-0.25, -0.2) is 8.42 Å². The van der Waals surface area contributed by atoms with Crippen LogP contribution < -0.4 is 0 Å². The highest BCUT2D eigenvalue weighted by Crippen LogP contribution is 2.32. The van der Waals surface area contributed by atoms with Gasteiger partial charge in [-0.1, -0.05) is 41.8 Å². The Kier molecular flexibility index (Phi) is 6.14. The van der Waals surface area contributed by atoms with Crippen LogP contribution in [0.3, 0.4) is 0 Å². The van der Waals surface area contributed by atoms with E-state index in [1.54, 1.807) is 23.7 Å². The molecule has 0 N–H and O–H groups in total. The third kappa shape index (κ3) is 4.59. The highest BCUT2D eigenvalue weighted by atomic mass is 32.2. The molecule has 1 aliphatic rings. The molecule has 1 amide bonds. The van der Waals surface area contributed by atoms with E-state index in [0.717, 1.165) is 14.4 Å². The Labute approximate surface area is 143 Å². The highest BCUT2D eigenvalue weighted by molar-refractivity contribution is 8.03. The quantitative estimate of drug-likeness (QED) is 0.695. The van der Waals surface area contributed by atoms with Crippen molar-refractivity contribution < 1.29 is 13.2 Å². The first-order valence-electron chi connectivity index (χ1n) is 6.92. The first-order chi connectivity index (χ1) is 10.3. The zero-order valence-electron chi connectivity index (χ0n) is 12.7. The van der Waals surface area contributed by atoms with Gasteiger partial charge in [0, 0.05) is 13.1 Å². The molecule has 2 rings (SSSR count). The molecule has 1 saturated heterocycles. The molecule has 2 atom stereocenters. The van der Waals surface area contributed by atoms with Crippen LogP contribution >= 0.6 is 34.9 Å². The lowest BCUT2D eigenvalue weighted by atomic mass is 10.2. The van der Waals surface area contributed by atoms with Crippen LogP contribution in [0, 0.1) is 0 Å². The topological polar surface area (TPSA) is 80.2 Å². The van der Waals surface area contributed by atoms with Crippen molar-refractivity contribution in [3.8, 4) is 0 Å². The van der Waals surface area contributed by atoms with Crippen molar-refractivity contribution in [3.63, 3.8) is 0 Å². The maximum absolute atomic E-state index is 12.4. The number of nitrogens with zero attached hydrogens (tertiary/aromatic N) is 3. The number of hydrogen-bond donors (Lipinski definition) is 0. The van der Waals surface area contributed by atoms with Crippen molar-refractivity contribution in [2.45, 2.75) is 40.2 Å². The molecule has 0 radical (unpaired) electrons. The van der Waals surface area contributed by atoms with Crippen LogP contribution in [-0.4, -0.2) is 65.0 Å². The first-order valence-corrected chi connectivity index (χ1v) is 11.4. The minimum Gasteiger partial charge on any atom is -0.341 e. The predicted octanol–water partition coefficient (Wildman–Crippen LogP) is 1.78. The summed E-state index contributed by atoms with van der Waals surface area (Å²) in [6.45, 7) is 3.87. The summed E-state index contributed by atoms with van der Waals surface area (Å²) in [6, 6.07) is -0.207. The average Bonchev–Trinajstić information content (AvgIpc) is 3.04. The standard InChI is InChI=1S/C12H19N3O3S4/c1-4-19-11-13-14-12(21-11)20-8(2)10(16)15(3)9-5-6-22(17,18)7-9/h8-9H,4-7H2,1-3H3/t8-,9+/m1/s1. The van der Waals surface area contributed by atoms with Crippen LogP contribution in [-0.2, 0) is 14.6 Å².